The van der Waals surface area contributed by atoms with E-state index in [-0.39, 0.29) is 18.4 Å². The van der Waals surface area contributed by atoms with E-state index in [0.29, 0.717) is 23.5 Å². The molecule has 0 saturated carbocycles. The van der Waals surface area contributed by atoms with Gasteiger partial charge in [0, 0.05) is 17.6 Å². The molecule has 2 amide bonds. The Morgan fingerprint density at radius 3 is 2.46 bits per heavy atom. The molecule has 28 heavy (non-hydrogen) atoms. The van der Waals surface area contributed by atoms with Gasteiger partial charge in [0.1, 0.15) is 0 Å². The third-order valence-electron chi connectivity index (χ3n) is 3.99. The number of para-hydroxylation sites is 2. The van der Waals surface area contributed by atoms with E-state index in [1.165, 1.54) is 0 Å². The van der Waals surface area contributed by atoms with E-state index in [2.05, 4.69) is 15.6 Å². The molecule has 0 aliphatic heterocycles. The largest absolute Gasteiger partial charge is 0.324 e. The van der Waals surface area contributed by atoms with Crippen LogP contribution in [0, 0.1) is 6.92 Å². The Kier molecular flexibility index (Phi) is 6.52. The summed E-state index contributed by atoms with van der Waals surface area (Å²) in [4.78, 5) is 31.3. The van der Waals surface area contributed by atoms with Crippen molar-refractivity contribution >= 4 is 34.5 Å². The Hall–Kier alpha value is -3.03. The lowest BCUT2D eigenvalue weighted by Crippen LogP contribution is -2.30. The number of aryl methyl sites for hydroxylation is 1. The van der Waals surface area contributed by atoms with E-state index in [1.807, 2.05) is 54.6 Å². The summed E-state index contributed by atoms with van der Waals surface area (Å²) in [6.45, 7) is 2.75. The molecule has 0 radical (unpaired) electrons. The van der Waals surface area contributed by atoms with Gasteiger partial charge in [-0.3, -0.25) is 14.5 Å². The molecule has 0 aliphatic rings. The monoisotopic (exact) mass is 394 g/mol. The minimum absolute atomic E-state index is 0.186. The maximum atomic E-state index is 12.6. The fourth-order valence-corrected chi connectivity index (χ4v) is 3.36. The number of aromatic nitrogens is 1. The molecule has 3 rings (SSSR count). The number of hydrogen-bond acceptors (Lipinski definition) is 5. The molecule has 0 aliphatic carbocycles. The second-order valence-electron chi connectivity index (χ2n) is 6.44. The van der Waals surface area contributed by atoms with Crippen molar-refractivity contribution in [3.63, 3.8) is 0 Å². The highest BCUT2D eigenvalue weighted by Gasteiger charge is 2.15. The summed E-state index contributed by atoms with van der Waals surface area (Å²) in [5.74, 6) is -0.456. The molecule has 6 nitrogen and oxygen atoms in total. The third-order valence-corrected chi connectivity index (χ3v) is 4.81. The van der Waals surface area contributed by atoms with Crippen LogP contribution in [-0.4, -0.2) is 35.3 Å². The SMILES string of the molecule is Cc1nc(CN(C)CC(=O)Nc2ccccc2C(=O)Nc2ccccc2)cs1. The number of hydrogen-bond donors (Lipinski definition) is 2. The summed E-state index contributed by atoms with van der Waals surface area (Å²) in [6, 6.07) is 16.2. The molecule has 0 saturated heterocycles. The zero-order valence-corrected chi connectivity index (χ0v) is 16.6. The standard InChI is InChI=1S/C21H22N4O2S/c1-15-22-17(14-28-15)12-25(2)13-20(26)24-19-11-7-6-10-18(19)21(27)23-16-8-4-3-5-9-16/h3-11,14H,12-13H2,1-2H3,(H,23,27)(H,24,26). The topological polar surface area (TPSA) is 74.3 Å². The van der Waals surface area contributed by atoms with Crippen LogP contribution in [-0.2, 0) is 11.3 Å². The molecule has 2 N–H and O–H groups in total. The Bertz CT molecular complexity index is 956. The summed E-state index contributed by atoms with van der Waals surface area (Å²) < 4.78 is 0. The highest BCUT2D eigenvalue weighted by Crippen LogP contribution is 2.17. The molecule has 144 valence electrons. The third kappa shape index (κ3) is 5.48. The average Bonchev–Trinajstić information content (AvgIpc) is 3.07. The van der Waals surface area contributed by atoms with Crippen molar-refractivity contribution < 1.29 is 9.59 Å². The average molecular weight is 395 g/mol. The summed E-state index contributed by atoms with van der Waals surface area (Å²) >= 11 is 1.59. The number of carbonyl (C=O) groups excluding carboxylic acids is 2. The zero-order chi connectivity index (χ0) is 19.9. The maximum absolute atomic E-state index is 12.6. The summed E-state index contributed by atoms with van der Waals surface area (Å²) in [6.07, 6.45) is 0. The molecule has 0 spiro atoms. The van der Waals surface area contributed by atoms with Gasteiger partial charge in [-0.1, -0.05) is 30.3 Å². The van der Waals surface area contributed by atoms with Gasteiger partial charge in [0.15, 0.2) is 0 Å². The Morgan fingerprint density at radius 2 is 1.75 bits per heavy atom. The van der Waals surface area contributed by atoms with Gasteiger partial charge in [0.25, 0.3) is 5.91 Å². The van der Waals surface area contributed by atoms with E-state index >= 15 is 0 Å². The first kappa shape index (κ1) is 19.7. The number of nitrogens with one attached hydrogen (secondary N) is 2. The zero-order valence-electron chi connectivity index (χ0n) is 15.8. The van der Waals surface area contributed by atoms with Gasteiger partial charge < -0.3 is 10.6 Å². The molecule has 1 aromatic heterocycles. The molecule has 2 aromatic carbocycles. The van der Waals surface area contributed by atoms with Crippen molar-refractivity contribution in [3.8, 4) is 0 Å². The number of thiazole rings is 1. The van der Waals surface area contributed by atoms with Gasteiger partial charge in [-0.2, -0.15) is 0 Å². The number of likely N-dealkylation sites (N-methyl/N-ethyl adjacent to an activating group) is 1. The maximum Gasteiger partial charge on any atom is 0.257 e. The van der Waals surface area contributed by atoms with Crippen molar-refractivity contribution in [1.82, 2.24) is 9.88 Å². The predicted molar refractivity (Wildman–Crippen MR) is 113 cm³/mol. The van der Waals surface area contributed by atoms with Crippen LogP contribution in [0.5, 0.6) is 0 Å². The van der Waals surface area contributed by atoms with Gasteiger partial charge >= 0.3 is 0 Å². The Balaban J connectivity index is 1.62. The van der Waals surface area contributed by atoms with Crippen LogP contribution in [0.25, 0.3) is 0 Å². The number of amides is 2. The van der Waals surface area contributed by atoms with E-state index in [9.17, 15) is 9.59 Å². The highest BCUT2D eigenvalue weighted by atomic mass is 32.1. The first-order valence-electron chi connectivity index (χ1n) is 8.86. The van der Waals surface area contributed by atoms with Crippen LogP contribution in [0.4, 0.5) is 11.4 Å². The molecule has 0 atom stereocenters. The normalized spacial score (nSPS) is 10.7. The predicted octanol–water partition coefficient (Wildman–Crippen LogP) is 3.77. The van der Waals surface area contributed by atoms with Crippen LogP contribution >= 0.6 is 11.3 Å². The molecular weight excluding hydrogens is 372 g/mol. The van der Waals surface area contributed by atoms with Crippen molar-refractivity contribution in [2.24, 2.45) is 0 Å². The lowest BCUT2D eigenvalue weighted by atomic mass is 10.1. The van der Waals surface area contributed by atoms with E-state index in [1.54, 1.807) is 35.6 Å². The highest BCUT2D eigenvalue weighted by molar-refractivity contribution is 7.09. The number of benzene rings is 2. The molecule has 0 unspecified atom stereocenters. The first-order chi connectivity index (χ1) is 13.5. The number of nitrogens with zero attached hydrogens (tertiary/aromatic N) is 2. The summed E-state index contributed by atoms with van der Waals surface area (Å²) in [5, 5.41) is 8.68. The number of rotatable bonds is 7. The molecule has 0 bridgehead atoms. The van der Waals surface area contributed by atoms with Gasteiger partial charge in [0.05, 0.1) is 28.5 Å². The van der Waals surface area contributed by atoms with Crippen LogP contribution in [0.3, 0.4) is 0 Å². The van der Waals surface area contributed by atoms with Gasteiger partial charge in [-0.25, -0.2) is 4.98 Å². The molecular formula is C21H22N4O2S. The van der Waals surface area contributed by atoms with Crippen LogP contribution in [0.1, 0.15) is 21.1 Å². The summed E-state index contributed by atoms with van der Waals surface area (Å²) in [7, 11) is 1.86. The first-order valence-corrected chi connectivity index (χ1v) is 9.74. The van der Waals surface area contributed by atoms with Crippen LogP contribution in [0.2, 0.25) is 0 Å². The van der Waals surface area contributed by atoms with Crippen molar-refractivity contribution in [2.75, 3.05) is 24.2 Å². The Labute approximate surface area is 168 Å². The minimum atomic E-state index is -0.270. The summed E-state index contributed by atoms with van der Waals surface area (Å²) in [5.41, 5.74) is 2.55. The Morgan fingerprint density at radius 1 is 1.04 bits per heavy atom. The van der Waals surface area contributed by atoms with Crippen LogP contribution < -0.4 is 10.6 Å². The second-order valence-corrected chi connectivity index (χ2v) is 7.51. The van der Waals surface area contributed by atoms with Crippen molar-refractivity contribution in [1.29, 1.82) is 0 Å². The van der Waals surface area contributed by atoms with Crippen molar-refractivity contribution in [2.45, 2.75) is 13.5 Å². The lowest BCUT2D eigenvalue weighted by molar-refractivity contribution is -0.117. The van der Waals surface area contributed by atoms with Crippen molar-refractivity contribution in [3.05, 3.63) is 76.2 Å². The van der Waals surface area contributed by atoms with E-state index < -0.39 is 0 Å². The van der Waals surface area contributed by atoms with Gasteiger partial charge in [-0.15, -0.1) is 11.3 Å². The molecule has 1 heterocycles. The van der Waals surface area contributed by atoms with E-state index in [4.69, 9.17) is 0 Å². The van der Waals surface area contributed by atoms with Crippen LogP contribution in [0.15, 0.2) is 60.0 Å². The van der Waals surface area contributed by atoms with E-state index in [0.717, 1.165) is 10.7 Å². The second kappa shape index (κ2) is 9.25. The number of anilines is 2. The lowest BCUT2D eigenvalue weighted by Gasteiger charge is -2.16. The quantitative estimate of drug-likeness (QED) is 0.640. The molecule has 0 fully saturated rings. The fourth-order valence-electron chi connectivity index (χ4n) is 2.76. The minimum Gasteiger partial charge on any atom is -0.324 e. The molecule has 3 aromatic rings. The van der Waals surface area contributed by atoms with Gasteiger partial charge in [-0.05, 0) is 38.2 Å². The smallest absolute Gasteiger partial charge is 0.257 e. The molecule has 7 heteroatoms. The fraction of sp³-hybridized carbons (Fsp3) is 0.190. The van der Waals surface area contributed by atoms with Gasteiger partial charge in [0.2, 0.25) is 5.91 Å². The number of carbonyl (C=O) groups is 2.